The topological polar surface area (TPSA) is 126 Å². The average molecular weight is 670 g/mol. The molecule has 1 heterocycles. The van der Waals surface area contributed by atoms with Crippen molar-refractivity contribution < 1.29 is 29.0 Å². The molecule has 11 heteroatoms. The number of amides is 2. The summed E-state index contributed by atoms with van der Waals surface area (Å²) < 4.78 is 13.2. The number of carboxylic acids is 1. The quantitative estimate of drug-likeness (QED) is 0.286. The Bertz CT molecular complexity index is 1710. The molecule has 3 aromatic rings. The van der Waals surface area contributed by atoms with E-state index >= 15 is 0 Å². The van der Waals surface area contributed by atoms with Crippen LogP contribution in [0.3, 0.4) is 0 Å². The molecule has 0 aliphatic heterocycles. The number of aliphatic carboxylic acids is 1. The second-order valence-corrected chi connectivity index (χ2v) is 15.0. The lowest BCUT2D eigenvalue weighted by molar-refractivity contribution is -0.163. The van der Waals surface area contributed by atoms with Crippen LogP contribution in [-0.4, -0.2) is 96.5 Å². The Labute approximate surface area is 287 Å². The number of nitrogens with zero attached hydrogens (tertiary/aromatic N) is 4. The minimum Gasteiger partial charge on any atom is -0.496 e. The van der Waals surface area contributed by atoms with Gasteiger partial charge in [-0.3, -0.25) is 9.59 Å². The molecule has 0 atom stereocenters. The van der Waals surface area contributed by atoms with E-state index in [-0.39, 0.29) is 23.4 Å². The monoisotopic (exact) mass is 669 g/mol. The van der Waals surface area contributed by atoms with Gasteiger partial charge in [0.25, 0.3) is 5.91 Å². The Kier molecular flexibility index (Phi) is 8.45. The highest BCUT2D eigenvalue weighted by atomic mass is 16.5. The number of ether oxygens (including phenoxy) is 2. The van der Waals surface area contributed by atoms with Crippen LogP contribution in [0, 0.1) is 23.7 Å². The molecule has 5 saturated carbocycles. The van der Waals surface area contributed by atoms with Gasteiger partial charge < -0.3 is 29.7 Å². The van der Waals surface area contributed by atoms with Crippen LogP contribution in [-0.2, 0) is 15.0 Å². The lowest BCUT2D eigenvalue weighted by Gasteiger charge is -2.59. The molecular weight excluding hydrogens is 622 g/mol. The van der Waals surface area contributed by atoms with Crippen molar-refractivity contribution >= 4 is 17.8 Å². The molecule has 260 valence electrons. The molecule has 0 spiro atoms. The number of rotatable bonds is 12. The van der Waals surface area contributed by atoms with Gasteiger partial charge in [-0.15, -0.1) is 0 Å². The van der Waals surface area contributed by atoms with E-state index in [1.54, 1.807) is 25.0 Å². The van der Waals surface area contributed by atoms with E-state index in [9.17, 15) is 19.5 Å². The first kappa shape index (κ1) is 33.1. The van der Waals surface area contributed by atoms with Gasteiger partial charge in [-0.2, -0.15) is 5.10 Å². The fourth-order valence-corrected chi connectivity index (χ4v) is 9.25. The number of aromatic nitrogens is 2. The first-order chi connectivity index (χ1) is 23.5. The highest BCUT2D eigenvalue weighted by Gasteiger charge is 2.62. The van der Waals surface area contributed by atoms with Crippen molar-refractivity contribution in [3.8, 4) is 28.4 Å². The number of hydrogen-bond donors (Lipinski definition) is 2. The Morgan fingerprint density at radius 1 is 0.898 bits per heavy atom. The summed E-state index contributed by atoms with van der Waals surface area (Å²) in [5.74, 6) is 0.642. The molecule has 5 aliphatic carbocycles. The van der Waals surface area contributed by atoms with Crippen molar-refractivity contribution in [2.24, 2.45) is 23.7 Å². The number of hydrogen-bond acceptors (Lipinski definition) is 7. The molecule has 8 rings (SSSR count). The van der Waals surface area contributed by atoms with E-state index in [1.165, 1.54) is 6.42 Å². The van der Waals surface area contributed by atoms with Gasteiger partial charge >= 0.3 is 5.97 Å². The summed E-state index contributed by atoms with van der Waals surface area (Å²) in [5, 5.41) is 18.5. The van der Waals surface area contributed by atoms with Gasteiger partial charge in [0, 0.05) is 20.1 Å². The van der Waals surface area contributed by atoms with E-state index in [4.69, 9.17) is 14.6 Å². The Morgan fingerprint density at radius 2 is 1.49 bits per heavy atom. The van der Waals surface area contributed by atoms with E-state index < -0.39 is 22.8 Å². The lowest BCUT2D eigenvalue weighted by Crippen LogP contribution is -2.70. The summed E-state index contributed by atoms with van der Waals surface area (Å²) in [6.07, 6.45) is 6.09. The summed E-state index contributed by atoms with van der Waals surface area (Å²) in [7, 11) is 9.01. The van der Waals surface area contributed by atoms with Crippen molar-refractivity contribution in [3.05, 3.63) is 59.8 Å². The molecular formula is C38H47N5O6. The highest BCUT2D eigenvalue weighted by molar-refractivity contribution is 5.98. The molecule has 11 nitrogen and oxygen atoms in total. The highest BCUT2D eigenvalue weighted by Crippen LogP contribution is 2.58. The second kappa shape index (κ2) is 12.5. The zero-order chi connectivity index (χ0) is 34.7. The number of benzene rings is 2. The fourth-order valence-electron chi connectivity index (χ4n) is 9.25. The number of carbonyl (C=O) groups is 3. The maximum Gasteiger partial charge on any atom is 0.330 e. The second-order valence-electron chi connectivity index (χ2n) is 15.0. The van der Waals surface area contributed by atoms with Gasteiger partial charge in [-0.1, -0.05) is 18.2 Å². The van der Waals surface area contributed by atoms with Crippen molar-refractivity contribution in [1.82, 2.24) is 24.9 Å². The summed E-state index contributed by atoms with van der Waals surface area (Å²) >= 11 is 0. The first-order valence-electron chi connectivity index (χ1n) is 17.4. The average Bonchev–Trinajstić information content (AvgIpc) is 3.79. The van der Waals surface area contributed by atoms with E-state index in [1.807, 2.05) is 68.5 Å². The number of carboxylic acid groups (broad SMARTS) is 1. The molecule has 49 heavy (non-hydrogen) atoms. The maximum absolute atomic E-state index is 14.2. The largest absolute Gasteiger partial charge is 0.496 e. The minimum atomic E-state index is -1.30. The smallest absolute Gasteiger partial charge is 0.330 e. The van der Waals surface area contributed by atoms with Crippen molar-refractivity contribution in [2.75, 3.05) is 48.5 Å². The molecule has 2 aromatic carbocycles. The van der Waals surface area contributed by atoms with E-state index in [0.29, 0.717) is 46.8 Å². The van der Waals surface area contributed by atoms with Gasteiger partial charge in [-0.05, 0) is 119 Å². The molecule has 2 N–H and O–H groups in total. The van der Waals surface area contributed by atoms with Crippen LogP contribution in [0.4, 0.5) is 0 Å². The zero-order valence-electron chi connectivity index (χ0n) is 29.1. The number of likely N-dealkylation sites (N-methyl/N-ethyl adjacent to an activating group) is 2. The number of carbonyl (C=O) groups excluding carboxylic acids is 2. The Morgan fingerprint density at radius 3 is 2.00 bits per heavy atom. The van der Waals surface area contributed by atoms with Gasteiger partial charge in [-0.25, -0.2) is 9.48 Å². The molecule has 0 radical (unpaired) electrons. The lowest BCUT2D eigenvalue weighted by atomic mass is 9.48. The van der Waals surface area contributed by atoms with E-state index in [2.05, 4.69) is 10.2 Å². The van der Waals surface area contributed by atoms with Crippen LogP contribution in [0.5, 0.6) is 11.5 Å². The first-order valence-corrected chi connectivity index (χ1v) is 17.4. The normalized spacial score (nSPS) is 26.0. The SMILES string of the molecule is COc1cccc(OC)c1-c1cc(C(=O)NC2(C(=O)O)C3CC4CC(C3)CC2C4)nn1-c1ccc(C2(C(=O)N(C)CCN(C)C)CC2)cc1. The van der Waals surface area contributed by atoms with Crippen LogP contribution in [0.15, 0.2) is 48.5 Å². The number of methoxy groups -OCH3 is 2. The molecule has 5 fully saturated rings. The van der Waals surface area contributed by atoms with Crippen LogP contribution in [0.25, 0.3) is 16.9 Å². The fraction of sp³-hybridized carbons (Fsp3) is 0.526. The predicted octanol–water partition coefficient (Wildman–Crippen LogP) is 4.62. The summed E-state index contributed by atoms with van der Waals surface area (Å²) in [4.78, 5) is 44.6. The predicted molar refractivity (Wildman–Crippen MR) is 184 cm³/mol. The van der Waals surface area contributed by atoms with Gasteiger partial charge in [0.15, 0.2) is 5.69 Å². The molecule has 4 bridgehead atoms. The summed E-state index contributed by atoms with van der Waals surface area (Å²) in [6, 6.07) is 14.9. The van der Waals surface area contributed by atoms with Gasteiger partial charge in [0.2, 0.25) is 5.91 Å². The summed E-state index contributed by atoms with van der Waals surface area (Å²) in [5.41, 5.74) is 1.07. The van der Waals surface area contributed by atoms with E-state index in [0.717, 1.165) is 50.6 Å². The van der Waals surface area contributed by atoms with Crippen molar-refractivity contribution in [1.29, 1.82) is 0 Å². The minimum absolute atomic E-state index is 0.0898. The van der Waals surface area contributed by atoms with Crippen LogP contribution >= 0.6 is 0 Å². The molecule has 5 aliphatic rings. The van der Waals surface area contributed by atoms with Crippen molar-refractivity contribution in [2.45, 2.75) is 55.9 Å². The molecule has 1 aromatic heterocycles. The Balaban J connectivity index is 1.25. The number of nitrogens with one attached hydrogen (secondary N) is 1. The van der Waals surface area contributed by atoms with Gasteiger partial charge in [0.1, 0.15) is 17.0 Å². The third-order valence-electron chi connectivity index (χ3n) is 11.8. The standard InChI is InChI=1S/C38H47N5O6/c1-41(2)15-16-42(3)35(45)37(13-14-37)25-9-11-28(12-10-25)43-30(33-31(48-4)7-6-8-32(33)49-5)22-29(40-43)34(44)39-38(36(46)47)26-18-23-17-24(20-26)21-27(38)19-23/h6-12,22-24,26-27H,13-21H2,1-5H3,(H,39,44)(H,46,47). The van der Waals surface area contributed by atoms with Crippen LogP contribution < -0.4 is 14.8 Å². The third kappa shape index (κ3) is 5.56. The maximum atomic E-state index is 14.2. The molecule has 0 unspecified atom stereocenters. The summed E-state index contributed by atoms with van der Waals surface area (Å²) in [6.45, 7) is 1.44. The third-order valence-corrected chi connectivity index (χ3v) is 11.8. The van der Waals surface area contributed by atoms with Crippen LogP contribution in [0.2, 0.25) is 0 Å². The van der Waals surface area contributed by atoms with Gasteiger partial charge in [0.05, 0.1) is 36.6 Å². The van der Waals surface area contributed by atoms with Crippen molar-refractivity contribution in [3.63, 3.8) is 0 Å². The zero-order valence-corrected chi connectivity index (χ0v) is 29.1. The van der Waals surface area contributed by atoms with Crippen LogP contribution in [0.1, 0.15) is 61.0 Å². The molecule has 2 amide bonds. The Hall–Kier alpha value is -4.38. The molecule has 0 saturated heterocycles.